The number of aryl methyl sites for hydroxylation is 1. The Morgan fingerprint density at radius 3 is 1.81 bits per heavy atom. The molecule has 0 N–H and O–H groups in total. The van der Waals surface area contributed by atoms with E-state index in [-0.39, 0.29) is 5.41 Å². The van der Waals surface area contributed by atoms with Crippen LogP contribution in [0.15, 0.2) is 195 Å². The summed E-state index contributed by atoms with van der Waals surface area (Å²) in [6.07, 6.45) is 6.07. The monoisotopic (exact) mass is 734 g/mol. The Balaban J connectivity index is 1.17. The average molecular weight is 735 g/mol. The van der Waals surface area contributed by atoms with Crippen LogP contribution in [0.2, 0.25) is 0 Å². The van der Waals surface area contributed by atoms with Crippen LogP contribution >= 0.6 is 0 Å². The standard InChI is InChI=1S/C55H46N2/c1-6-7-26-51-38(2)45-21-15-16-27-52(45)57(51)53-28-17-25-50(55(3,4)5)54(53)40-31-35-44(36-32-40)56(42-19-9-8-10-20-42)43-33-29-39(30-34-43)49-37-41-18-11-12-22-46(41)47-23-13-14-24-48(47)49/h6-37H,1H2,2-5H3/b26-7-. The molecule has 0 saturated carbocycles. The molecule has 2 nitrogen and oxygen atoms in total. The van der Waals surface area contributed by atoms with Gasteiger partial charge in [0.05, 0.1) is 11.2 Å². The van der Waals surface area contributed by atoms with Gasteiger partial charge in [-0.1, -0.05) is 161 Å². The van der Waals surface area contributed by atoms with E-state index in [1.165, 1.54) is 71.5 Å². The zero-order valence-electron chi connectivity index (χ0n) is 33.1. The summed E-state index contributed by atoms with van der Waals surface area (Å²) in [5.74, 6) is 0. The molecule has 0 atom stereocenters. The van der Waals surface area contributed by atoms with Crippen molar-refractivity contribution in [2.75, 3.05) is 4.90 Å². The van der Waals surface area contributed by atoms with Gasteiger partial charge in [0, 0.05) is 33.7 Å². The lowest BCUT2D eigenvalue weighted by molar-refractivity contribution is 0.591. The number of hydrogen-bond donors (Lipinski definition) is 0. The fraction of sp³-hybridized carbons (Fsp3) is 0.0909. The summed E-state index contributed by atoms with van der Waals surface area (Å²) in [6.45, 7) is 13.1. The van der Waals surface area contributed by atoms with Crippen molar-refractivity contribution >= 4 is 55.6 Å². The van der Waals surface area contributed by atoms with Gasteiger partial charge in [0.1, 0.15) is 0 Å². The highest BCUT2D eigenvalue weighted by Gasteiger charge is 2.25. The van der Waals surface area contributed by atoms with Gasteiger partial charge in [-0.15, -0.1) is 0 Å². The molecule has 276 valence electrons. The molecule has 0 unspecified atom stereocenters. The fourth-order valence-electron chi connectivity index (χ4n) is 8.58. The molecule has 0 aliphatic rings. The van der Waals surface area contributed by atoms with Crippen molar-refractivity contribution in [3.05, 3.63) is 211 Å². The van der Waals surface area contributed by atoms with Gasteiger partial charge in [-0.3, -0.25) is 0 Å². The first-order chi connectivity index (χ1) is 27.8. The van der Waals surface area contributed by atoms with E-state index in [9.17, 15) is 0 Å². The molecule has 0 aliphatic heterocycles. The molecule has 1 aromatic heterocycles. The van der Waals surface area contributed by atoms with E-state index in [0.29, 0.717) is 0 Å². The molecular formula is C55H46N2. The molecule has 0 saturated heterocycles. The highest BCUT2D eigenvalue weighted by Crippen LogP contribution is 2.43. The van der Waals surface area contributed by atoms with Gasteiger partial charge in [0.15, 0.2) is 0 Å². The Morgan fingerprint density at radius 2 is 1.12 bits per heavy atom. The second-order valence-corrected chi connectivity index (χ2v) is 15.9. The van der Waals surface area contributed by atoms with Crippen molar-refractivity contribution in [2.45, 2.75) is 33.1 Å². The van der Waals surface area contributed by atoms with E-state index in [2.05, 4.69) is 226 Å². The second kappa shape index (κ2) is 14.6. The molecule has 9 aromatic rings. The van der Waals surface area contributed by atoms with Crippen LogP contribution in [-0.2, 0) is 5.41 Å². The molecule has 8 aromatic carbocycles. The number of allylic oxidation sites excluding steroid dienone is 2. The molecule has 0 fully saturated rings. The van der Waals surface area contributed by atoms with Crippen molar-refractivity contribution in [3.63, 3.8) is 0 Å². The first-order valence-corrected chi connectivity index (χ1v) is 19.8. The van der Waals surface area contributed by atoms with E-state index in [1.54, 1.807) is 0 Å². The average Bonchev–Trinajstić information content (AvgIpc) is 3.53. The van der Waals surface area contributed by atoms with Crippen LogP contribution in [0, 0.1) is 6.92 Å². The summed E-state index contributed by atoms with van der Waals surface area (Å²) in [5, 5.41) is 6.33. The number of aromatic nitrogens is 1. The van der Waals surface area contributed by atoms with Gasteiger partial charge >= 0.3 is 0 Å². The Kier molecular flexibility index (Phi) is 9.19. The predicted octanol–water partition coefficient (Wildman–Crippen LogP) is 15.5. The number of para-hydroxylation sites is 2. The maximum atomic E-state index is 3.98. The minimum atomic E-state index is -0.0900. The molecule has 2 heteroatoms. The Labute approximate surface area is 336 Å². The van der Waals surface area contributed by atoms with Crippen molar-refractivity contribution in [2.24, 2.45) is 0 Å². The van der Waals surface area contributed by atoms with E-state index in [4.69, 9.17) is 0 Å². The van der Waals surface area contributed by atoms with Crippen LogP contribution in [0.4, 0.5) is 17.1 Å². The van der Waals surface area contributed by atoms with Crippen molar-refractivity contribution in [3.8, 4) is 27.9 Å². The lowest BCUT2D eigenvalue weighted by Crippen LogP contribution is -2.15. The molecule has 57 heavy (non-hydrogen) atoms. The van der Waals surface area contributed by atoms with E-state index in [0.717, 1.165) is 22.8 Å². The molecule has 1 heterocycles. The molecule has 0 radical (unpaired) electrons. The van der Waals surface area contributed by atoms with Gasteiger partial charge in [0.25, 0.3) is 0 Å². The lowest BCUT2D eigenvalue weighted by atomic mass is 9.81. The lowest BCUT2D eigenvalue weighted by Gasteiger charge is -2.28. The van der Waals surface area contributed by atoms with Crippen molar-refractivity contribution in [1.29, 1.82) is 0 Å². The van der Waals surface area contributed by atoms with E-state index >= 15 is 0 Å². The first-order valence-electron chi connectivity index (χ1n) is 19.8. The summed E-state index contributed by atoms with van der Waals surface area (Å²) in [4.78, 5) is 2.35. The highest BCUT2D eigenvalue weighted by molar-refractivity contribution is 6.13. The van der Waals surface area contributed by atoms with Crippen LogP contribution in [0.25, 0.3) is 66.5 Å². The summed E-state index contributed by atoms with van der Waals surface area (Å²) >= 11 is 0. The minimum Gasteiger partial charge on any atom is -0.311 e. The molecule has 0 spiro atoms. The zero-order valence-corrected chi connectivity index (χ0v) is 33.1. The van der Waals surface area contributed by atoms with Crippen LogP contribution in [0.1, 0.15) is 37.6 Å². The largest absolute Gasteiger partial charge is 0.311 e. The SMILES string of the molecule is C=C/C=C\c1c(C)c2ccccc2n1-c1cccc(C(C)(C)C)c1-c1ccc(N(c2ccccc2)c2ccc(-c3cc4ccccc4c4ccccc34)cc2)cc1. The normalized spacial score (nSPS) is 11.9. The van der Waals surface area contributed by atoms with Gasteiger partial charge in [-0.05, 0) is 122 Å². The molecule has 9 rings (SSSR count). The van der Waals surface area contributed by atoms with Crippen LogP contribution < -0.4 is 4.90 Å². The van der Waals surface area contributed by atoms with Crippen molar-refractivity contribution in [1.82, 2.24) is 4.57 Å². The molecule has 0 amide bonds. The van der Waals surface area contributed by atoms with E-state index < -0.39 is 0 Å². The summed E-state index contributed by atoms with van der Waals surface area (Å²) in [5.41, 5.74) is 14.2. The third-order valence-electron chi connectivity index (χ3n) is 11.3. The topological polar surface area (TPSA) is 8.17 Å². The minimum absolute atomic E-state index is 0.0900. The zero-order chi connectivity index (χ0) is 39.1. The highest BCUT2D eigenvalue weighted by atomic mass is 15.1. The van der Waals surface area contributed by atoms with Crippen LogP contribution in [0.5, 0.6) is 0 Å². The summed E-state index contributed by atoms with van der Waals surface area (Å²) < 4.78 is 2.43. The quantitative estimate of drug-likeness (QED) is 0.111. The number of nitrogens with zero attached hydrogens (tertiary/aromatic N) is 2. The number of fused-ring (bicyclic) bond motifs is 4. The maximum Gasteiger partial charge on any atom is 0.0543 e. The second-order valence-electron chi connectivity index (χ2n) is 15.9. The predicted molar refractivity (Wildman–Crippen MR) is 247 cm³/mol. The fourth-order valence-corrected chi connectivity index (χ4v) is 8.58. The maximum absolute atomic E-state index is 3.98. The van der Waals surface area contributed by atoms with Gasteiger partial charge < -0.3 is 9.47 Å². The van der Waals surface area contributed by atoms with Gasteiger partial charge in [0.2, 0.25) is 0 Å². The van der Waals surface area contributed by atoms with Crippen LogP contribution in [0.3, 0.4) is 0 Å². The summed E-state index contributed by atoms with van der Waals surface area (Å²) in [7, 11) is 0. The van der Waals surface area contributed by atoms with Crippen molar-refractivity contribution < 1.29 is 0 Å². The number of rotatable bonds is 8. The molecular weight excluding hydrogens is 689 g/mol. The molecule has 0 bridgehead atoms. The smallest absolute Gasteiger partial charge is 0.0543 e. The Bertz CT molecular complexity index is 2940. The first kappa shape index (κ1) is 35.8. The van der Waals surface area contributed by atoms with E-state index in [1.807, 2.05) is 12.2 Å². The Hall–Kier alpha value is -6.90. The summed E-state index contributed by atoms with van der Waals surface area (Å²) in [6, 6.07) is 64.1. The Morgan fingerprint density at radius 1 is 0.544 bits per heavy atom. The number of hydrogen-bond acceptors (Lipinski definition) is 1. The number of benzene rings is 8. The third-order valence-corrected chi connectivity index (χ3v) is 11.3. The van der Waals surface area contributed by atoms with Crippen LogP contribution in [-0.4, -0.2) is 4.57 Å². The number of anilines is 3. The third kappa shape index (κ3) is 6.44. The van der Waals surface area contributed by atoms with Gasteiger partial charge in [-0.25, -0.2) is 0 Å². The molecule has 0 aliphatic carbocycles. The van der Waals surface area contributed by atoms with Gasteiger partial charge in [-0.2, -0.15) is 0 Å².